The highest BCUT2D eigenvalue weighted by Gasteiger charge is 2.15. The smallest absolute Gasteiger partial charge is 0.156 e. The lowest BCUT2D eigenvalue weighted by atomic mass is 10.2. The minimum absolute atomic E-state index is 0.334. The molecule has 3 heterocycles. The molecule has 0 bridgehead atoms. The van der Waals surface area contributed by atoms with Gasteiger partial charge >= 0.3 is 0 Å². The number of benzene rings is 1. The zero-order chi connectivity index (χ0) is 18.1. The van der Waals surface area contributed by atoms with E-state index in [1.54, 1.807) is 24.3 Å². The highest BCUT2D eigenvalue weighted by atomic mass is 35.5. The molecule has 132 valence electrons. The predicted molar refractivity (Wildman–Crippen MR) is 102 cm³/mol. The van der Waals surface area contributed by atoms with Crippen LogP contribution >= 0.6 is 11.6 Å². The number of aryl methyl sites for hydroxylation is 1. The molecule has 7 heteroatoms. The Morgan fingerprint density at radius 2 is 1.81 bits per heavy atom. The molecular weight excluding hydrogens is 353 g/mol. The van der Waals surface area contributed by atoms with Crippen molar-refractivity contribution in [1.29, 1.82) is 0 Å². The number of fused-ring (bicyclic) bond motifs is 1. The number of hydrogen-bond acceptors (Lipinski definition) is 5. The molecule has 1 saturated heterocycles. The fourth-order valence-electron chi connectivity index (χ4n) is 3.05. The predicted octanol–water partition coefficient (Wildman–Crippen LogP) is 4.29. The van der Waals surface area contributed by atoms with Gasteiger partial charge in [-0.1, -0.05) is 11.6 Å². The van der Waals surface area contributed by atoms with E-state index in [0.29, 0.717) is 27.7 Å². The monoisotopic (exact) mass is 369 g/mol. The second kappa shape index (κ2) is 6.96. The van der Waals surface area contributed by atoms with Gasteiger partial charge in [0.15, 0.2) is 5.82 Å². The van der Waals surface area contributed by atoms with Crippen LogP contribution in [0.4, 0.5) is 10.2 Å². The summed E-state index contributed by atoms with van der Waals surface area (Å²) in [6.45, 7) is 3.83. The number of nitrogens with zero attached hydrogens (tertiary/aromatic N) is 5. The lowest BCUT2D eigenvalue weighted by Crippen LogP contribution is -2.19. The van der Waals surface area contributed by atoms with Crippen molar-refractivity contribution in [3.8, 4) is 0 Å². The van der Waals surface area contributed by atoms with Crippen LogP contribution in [0.1, 0.15) is 30.1 Å². The van der Waals surface area contributed by atoms with Gasteiger partial charge < -0.3 is 4.90 Å². The highest BCUT2D eigenvalue weighted by molar-refractivity contribution is 6.29. The Morgan fingerprint density at radius 3 is 2.62 bits per heavy atom. The minimum Gasteiger partial charge on any atom is -0.356 e. The molecule has 0 saturated carbocycles. The number of hydrogen-bond donors (Lipinski definition) is 0. The maximum absolute atomic E-state index is 13.4. The molecule has 1 aliphatic rings. The van der Waals surface area contributed by atoms with Crippen molar-refractivity contribution in [2.24, 2.45) is 0 Å². The molecule has 0 spiro atoms. The quantitative estimate of drug-likeness (QED) is 0.644. The Morgan fingerprint density at radius 1 is 1.00 bits per heavy atom. The first-order chi connectivity index (χ1) is 12.6. The maximum Gasteiger partial charge on any atom is 0.156 e. The van der Waals surface area contributed by atoms with Gasteiger partial charge in [0.2, 0.25) is 0 Å². The van der Waals surface area contributed by atoms with Crippen molar-refractivity contribution in [2.75, 3.05) is 18.0 Å². The molecule has 1 aromatic carbocycles. The van der Waals surface area contributed by atoms with Crippen LogP contribution in [0.15, 0.2) is 24.3 Å². The molecule has 0 N–H and O–H groups in total. The van der Waals surface area contributed by atoms with E-state index in [1.165, 1.54) is 12.1 Å². The summed E-state index contributed by atoms with van der Waals surface area (Å²) in [5.74, 6) is 1.02. The molecule has 3 aromatic rings. The molecule has 4 rings (SSSR count). The van der Waals surface area contributed by atoms with Crippen molar-refractivity contribution in [2.45, 2.75) is 19.8 Å². The second-order valence-electron chi connectivity index (χ2n) is 6.26. The van der Waals surface area contributed by atoms with Crippen LogP contribution in [0, 0.1) is 12.7 Å². The second-order valence-corrected chi connectivity index (χ2v) is 6.65. The van der Waals surface area contributed by atoms with Crippen molar-refractivity contribution in [1.82, 2.24) is 19.9 Å². The van der Waals surface area contributed by atoms with Crippen LogP contribution in [0.2, 0.25) is 5.15 Å². The topological polar surface area (TPSA) is 54.8 Å². The van der Waals surface area contributed by atoms with Gasteiger partial charge in [0, 0.05) is 25.2 Å². The standard InChI is InChI=1S/C19H17ClFN5/c1-12-14(23-16-10-13(21)4-5-15(16)22-12)6-7-18-24-17(20)11-19(25-18)26-8-2-3-9-26/h4-7,10-11H,2-3,8-9H2,1H3. The first-order valence-electron chi connectivity index (χ1n) is 8.50. The molecule has 0 amide bonds. The van der Waals surface area contributed by atoms with E-state index < -0.39 is 0 Å². The number of aromatic nitrogens is 4. The Balaban J connectivity index is 1.67. The van der Waals surface area contributed by atoms with E-state index in [0.717, 1.165) is 37.4 Å². The number of anilines is 1. The third-order valence-corrected chi connectivity index (χ3v) is 4.55. The van der Waals surface area contributed by atoms with Crippen LogP contribution in [0.25, 0.3) is 23.2 Å². The van der Waals surface area contributed by atoms with Crippen LogP contribution in [0.5, 0.6) is 0 Å². The fraction of sp³-hybridized carbons (Fsp3) is 0.263. The first-order valence-corrected chi connectivity index (χ1v) is 8.88. The van der Waals surface area contributed by atoms with E-state index in [1.807, 2.05) is 6.92 Å². The Hall–Kier alpha value is -2.60. The van der Waals surface area contributed by atoms with Crippen molar-refractivity contribution >= 4 is 40.6 Å². The summed E-state index contributed by atoms with van der Waals surface area (Å²) >= 11 is 6.16. The highest BCUT2D eigenvalue weighted by Crippen LogP contribution is 2.22. The lowest BCUT2D eigenvalue weighted by molar-refractivity contribution is 0.629. The molecule has 0 radical (unpaired) electrons. The molecular formula is C19H17ClFN5. The minimum atomic E-state index is -0.334. The van der Waals surface area contributed by atoms with Gasteiger partial charge in [-0.15, -0.1) is 0 Å². The maximum atomic E-state index is 13.4. The number of halogens is 2. The SMILES string of the molecule is Cc1nc2ccc(F)cc2nc1C=Cc1nc(Cl)cc(N2CCCC2)n1. The van der Waals surface area contributed by atoms with E-state index in [2.05, 4.69) is 24.8 Å². The van der Waals surface area contributed by atoms with Gasteiger partial charge in [-0.05, 0) is 44.1 Å². The third kappa shape index (κ3) is 3.51. The van der Waals surface area contributed by atoms with Crippen LogP contribution in [0.3, 0.4) is 0 Å². The molecule has 2 aromatic heterocycles. The van der Waals surface area contributed by atoms with Crippen LogP contribution in [-0.4, -0.2) is 33.0 Å². The van der Waals surface area contributed by atoms with Crippen molar-refractivity contribution in [3.63, 3.8) is 0 Å². The Labute approximate surface area is 155 Å². The summed E-state index contributed by atoms with van der Waals surface area (Å²) in [5.41, 5.74) is 2.58. The fourth-order valence-corrected chi connectivity index (χ4v) is 3.23. The average molecular weight is 370 g/mol. The van der Waals surface area contributed by atoms with Crippen LogP contribution < -0.4 is 4.90 Å². The summed E-state index contributed by atoms with van der Waals surface area (Å²) in [5, 5.41) is 0.407. The third-order valence-electron chi connectivity index (χ3n) is 4.36. The van der Waals surface area contributed by atoms with Crippen LogP contribution in [-0.2, 0) is 0 Å². The Kier molecular flexibility index (Phi) is 4.51. The molecule has 1 fully saturated rings. The van der Waals surface area contributed by atoms with Crippen molar-refractivity contribution < 1.29 is 4.39 Å². The molecule has 0 unspecified atom stereocenters. The normalized spacial score (nSPS) is 14.7. The van der Waals surface area contributed by atoms with Gasteiger partial charge in [0.25, 0.3) is 0 Å². The van der Waals surface area contributed by atoms with E-state index in [-0.39, 0.29) is 5.82 Å². The van der Waals surface area contributed by atoms with Crippen molar-refractivity contribution in [3.05, 3.63) is 52.4 Å². The van der Waals surface area contributed by atoms with Gasteiger partial charge in [-0.3, -0.25) is 0 Å². The summed E-state index contributed by atoms with van der Waals surface area (Å²) < 4.78 is 13.4. The van der Waals surface area contributed by atoms with E-state index >= 15 is 0 Å². The summed E-state index contributed by atoms with van der Waals surface area (Å²) in [4.78, 5) is 20.0. The molecule has 0 aliphatic carbocycles. The average Bonchev–Trinajstić information content (AvgIpc) is 3.14. The van der Waals surface area contributed by atoms with Gasteiger partial charge in [0.1, 0.15) is 16.8 Å². The molecule has 1 aliphatic heterocycles. The van der Waals surface area contributed by atoms with E-state index in [9.17, 15) is 4.39 Å². The number of rotatable bonds is 3. The summed E-state index contributed by atoms with van der Waals surface area (Å²) in [6, 6.07) is 6.17. The zero-order valence-electron chi connectivity index (χ0n) is 14.3. The summed E-state index contributed by atoms with van der Waals surface area (Å²) in [6.07, 6.45) is 5.87. The van der Waals surface area contributed by atoms with Gasteiger partial charge in [-0.25, -0.2) is 24.3 Å². The Bertz CT molecular complexity index is 999. The zero-order valence-corrected chi connectivity index (χ0v) is 15.0. The molecule has 0 atom stereocenters. The first kappa shape index (κ1) is 16.8. The van der Waals surface area contributed by atoms with E-state index in [4.69, 9.17) is 11.6 Å². The largest absolute Gasteiger partial charge is 0.356 e. The van der Waals surface area contributed by atoms with Gasteiger partial charge in [0.05, 0.1) is 22.4 Å². The summed E-state index contributed by atoms with van der Waals surface area (Å²) in [7, 11) is 0. The molecule has 5 nitrogen and oxygen atoms in total. The lowest BCUT2D eigenvalue weighted by Gasteiger charge is -2.16. The molecule has 26 heavy (non-hydrogen) atoms. The van der Waals surface area contributed by atoms with Gasteiger partial charge in [-0.2, -0.15) is 0 Å².